The third-order valence-electron chi connectivity index (χ3n) is 3.47. The van der Waals surface area contributed by atoms with Crippen LogP contribution in [0.2, 0.25) is 10.0 Å². The molecule has 1 heterocycles. The fourth-order valence-electron chi connectivity index (χ4n) is 2.26. The molecule has 0 aliphatic rings. The van der Waals surface area contributed by atoms with E-state index >= 15 is 0 Å². The van der Waals surface area contributed by atoms with Crippen molar-refractivity contribution in [2.45, 2.75) is 0 Å². The second-order valence-electron chi connectivity index (χ2n) is 5.24. The molecule has 3 rings (SSSR count). The molecule has 0 aliphatic carbocycles. The van der Waals surface area contributed by atoms with Gasteiger partial charge in [0.1, 0.15) is 11.5 Å². The number of carbonyl (C=O) groups is 2. The van der Waals surface area contributed by atoms with Crippen LogP contribution in [0.1, 0.15) is 9.67 Å². The van der Waals surface area contributed by atoms with Crippen molar-refractivity contribution in [3.63, 3.8) is 0 Å². The van der Waals surface area contributed by atoms with Crippen LogP contribution in [-0.2, 0) is 4.74 Å². The second-order valence-corrected chi connectivity index (χ2v) is 7.08. The number of halogens is 2. The Labute approximate surface area is 163 Å². The van der Waals surface area contributed by atoms with E-state index in [9.17, 15) is 9.59 Å². The highest BCUT2D eigenvalue weighted by atomic mass is 35.5. The molecule has 2 aromatic carbocycles. The lowest BCUT2D eigenvalue weighted by Crippen LogP contribution is -2.28. The summed E-state index contributed by atoms with van der Waals surface area (Å²) in [5.41, 5.74) is 0.459. The Kier molecular flexibility index (Phi) is 5.98. The van der Waals surface area contributed by atoms with Crippen LogP contribution in [0.4, 0.5) is 10.5 Å². The van der Waals surface area contributed by atoms with Crippen LogP contribution in [0.3, 0.4) is 0 Å². The largest absolute Gasteiger partial charge is 0.447 e. The van der Waals surface area contributed by atoms with E-state index in [0.29, 0.717) is 20.6 Å². The molecule has 0 radical (unpaired) electrons. The monoisotopic (exact) mass is 408 g/mol. The Morgan fingerprint density at radius 2 is 1.77 bits per heavy atom. The molecule has 1 aromatic heterocycles. The summed E-state index contributed by atoms with van der Waals surface area (Å²) in [6.45, 7) is 0.184. The summed E-state index contributed by atoms with van der Waals surface area (Å²) < 4.78 is 5.97. The Morgan fingerprint density at radius 1 is 1.04 bits per heavy atom. The number of fused-ring (bicyclic) bond motifs is 1. The Balaban J connectivity index is 1.48. The van der Waals surface area contributed by atoms with E-state index in [1.807, 2.05) is 24.3 Å². The van der Waals surface area contributed by atoms with Crippen LogP contribution >= 0.6 is 34.5 Å². The number of amides is 2. The lowest BCUT2D eigenvalue weighted by atomic mass is 10.2. The predicted octanol–water partition coefficient (Wildman–Crippen LogP) is 5.19. The molecule has 0 aliphatic heterocycles. The minimum Gasteiger partial charge on any atom is -0.447 e. The van der Waals surface area contributed by atoms with Gasteiger partial charge in [0.15, 0.2) is 0 Å². The van der Waals surface area contributed by atoms with E-state index in [4.69, 9.17) is 27.9 Å². The molecule has 2 N–H and O–H groups in total. The van der Waals surface area contributed by atoms with Crippen molar-refractivity contribution in [3.8, 4) is 0 Å². The summed E-state index contributed by atoms with van der Waals surface area (Å²) in [6.07, 6.45) is -0.646. The molecule has 0 fully saturated rings. The van der Waals surface area contributed by atoms with Crippen molar-refractivity contribution in [2.75, 3.05) is 18.5 Å². The predicted molar refractivity (Wildman–Crippen MR) is 106 cm³/mol. The number of para-hydroxylation sites is 1. The first-order chi connectivity index (χ1) is 12.6. The van der Waals surface area contributed by atoms with E-state index in [2.05, 4.69) is 10.6 Å². The molecular weight excluding hydrogens is 395 g/mol. The molecule has 134 valence electrons. The van der Waals surface area contributed by atoms with Gasteiger partial charge < -0.3 is 10.1 Å². The molecule has 0 spiro atoms. The highest BCUT2D eigenvalue weighted by Crippen LogP contribution is 2.34. The number of carbonyl (C=O) groups excluding carboxylic acids is 2. The average molecular weight is 409 g/mol. The van der Waals surface area contributed by atoms with Crippen LogP contribution < -0.4 is 10.6 Å². The zero-order chi connectivity index (χ0) is 18.5. The van der Waals surface area contributed by atoms with Crippen molar-refractivity contribution in [1.29, 1.82) is 0 Å². The zero-order valence-electron chi connectivity index (χ0n) is 13.4. The van der Waals surface area contributed by atoms with Gasteiger partial charge >= 0.3 is 6.09 Å². The molecular formula is C18H14Cl2N2O3S. The fraction of sp³-hybridized carbons (Fsp3) is 0.111. The Morgan fingerprint density at radius 3 is 2.54 bits per heavy atom. The van der Waals surface area contributed by atoms with Crippen molar-refractivity contribution in [1.82, 2.24) is 5.32 Å². The quantitative estimate of drug-likeness (QED) is 0.570. The highest BCUT2D eigenvalue weighted by Gasteiger charge is 2.16. The molecule has 0 atom stereocenters. The molecule has 2 amide bonds. The van der Waals surface area contributed by atoms with Gasteiger partial charge in [-0.15, -0.1) is 11.3 Å². The van der Waals surface area contributed by atoms with E-state index in [0.717, 1.165) is 10.1 Å². The van der Waals surface area contributed by atoms with E-state index in [-0.39, 0.29) is 19.1 Å². The smallest absolute Gasteiger partial charge is 0.411 e. The molecule has 0 bridgehead atoms. The summed E-state index contributed by atoms with van der Waals surface area (Å²) in [5.74, 6) is -0.300. The highest BCUT2D eigenvalue weighted by molar-refractivity contribution is 7.21. The van der Waals surface area contributed by atoms with Crippen LogP contribution in [0.15, 0.2) is 48.5 Å². The number of hydrogen-bond donors (Lipinski definition) is 2. The molecule has 5 nitrogen and oxygen atoms in total. The third-order valence-corrected chi connectivity index (χ3v) is 5.48. The summed E-state index contributed by atoms with van der Waals surface area (Å²) >= 11 is 13.5. The lowest BCUT2D eigenvalue weighted by Gasteiger charge is -2.08. The zero-order valence-corrected chi connectivity index (χ0v) is 15.8. The van der Waals surface area contributed by atoms with Gasteiger partial charge in [-0.2, -0.15) is 0 Å². The molecule has 8 heteroatoms. The normalized spacial score (nSPS) is 10.5. The van der Waals surface area contributed by atoms with Crippen LogP contribution in [-0.4, -0.2) is 25.2 Å². The number of rotatable bonds is 5. The lowest BCUT2D eigenvalue weighted by molar-refractivity contribution is 0.0942. The number of nitrogens with one attached hydrogen (secondary N) is 2. The number of benzene rings is 2. The standard InChI is InChI=1S/C18H14Cl2N2O3S/c19-12-6-2-3-7-13(12)22-18(24)25-10-9-21-17(23)16-15(20)11-5-1-4-8-14(11)26-16/h1-8H,9-10H2,(H,21,23)(H,22,24). The van der Waals surface area contributed by atoms with Crippen molar-refractivity contribution >= 4 is 62.3 Å². The number of ether oxygens (including phenoxy) is 1. The number of anilines is 1. The van der Waals surface area contributed by atoms with E-state index < -0.39 is 6.09 Å². The first kappa shape index (κ1) is 18.5. The SMILES string of the molecule is O=C(Nc1ccccc1Cl)OCCNC(=O)c1sc2ccccc2c1Cl. The van der Waals surface area contributed by atoms with Gasteiger partial charge in [0.05, 0.1) is 22.3 Å². The molecule has 0 saturated heterocycles. The van der Waals surface area contributed by atoms with Crippen LogP contribution in [0, 0.1) is 0 Å². The minimum absolute atomic E-state index is 0.0184. The van der Waals surface area contributed by atoms with Gasteiger partial charge in [0.2, 0.25) is 0 Å². The first-order valence-corrected chi connectivity index (χ1v) is 9.27. The first-order valence-electron chi connectivity index (χ1n) is 7.70. The third kappa shape index (κ3) is 4.27. The topological polar surface area (TPSA) is 67.4 Å². The van der Waals surface area contributed by atoms with Crippen molar-refractivity contribution in [2.24, 2.45) is 0 Å². The molecule has 26 heavy (non-hydrogen) atoms. The number of hydrogen-bond acceptors (Lipinski definition) is 4. The van der Waals surface area contributed by atoms with Gasteiger partial charge in [-0.3, -0.25) is 10.1 Å². The maximum atomic E-state index is 12.3. The van der Waals surface area contributed by atoms with E-state index in [1.54, 1.807) is 24.3 Å². The van der Waals surface area contributed by atoms with Crippen LogP contribution in [0.25, 0.3) is 10.1 Å². The molecule has 0 unspecified atom stereocenters. The molecule has 0 saturated carbocycles. The van der Waals surface area contributed by atoms with Crippen LogP contribution in [0.5, 0.6) is 0 Å². The maximum absolute atomic E-state index is 12.3. The summed E-state index contributed by atoms with van der Waals surface area (Å²) in [5, 5.41) is 6.91. The molecule has 3 aromatic rings. The van der Waals surface area contributed by atoms with Gasteiger partial charge in [-0.05, 0) is 18.2 Å². The summed E-state index contributed by atoms with van der Waals surface area (Å²) in [6, 6.07) is 14.4. The summed E-state index contributed by atoms with van der Waals surface area (Å²) in [7, 11) is 0. The summed E-state index contributed by atoms with van der Waals surface area (Å²) in [4.78, 5) is 24.4. The maximum Gasteiger partial charge on any atom is 0.411 e. The average Bonchev–Trinajstić information content (AvgIpc) is 2.98. The van der Waals surface area contributed by atoms with Gasteiger partial charge in [0.25, 0.3) is 5.91 Å². The second kappa shape index (κ2) is 8.40. The number of thiophene rings is 1. The Hall–Kier alpha value is -2.28. The van der Waals surface area contributed by atoms with Gasteiger partial charge in [-0.1, -0.05) is 53.5 Å². The Bertz CT molecular complexity index is 959. The van der Waals surface area contributed by atoms with Gasteiger partial charge in [0, 0.05) is 10.1 Å². The van der Waals surface area contributed by atoms with Crippen molar-refractivity contribution in [3.05, 3.63) is 63.5 Å². The minimum atomic E-state index is -0.646. The van der Waals surface area contributed by atoms with Gasteiger partial charge in [-0.25, -0.2) is 4.79 Å². The fourth-order valence-corrected chi connectivity index (χ4v) is 3.87. The van der Waals surface area contributed by atoms with Crippen molar-refractivity contribution < 1.29 is 14.3 Å². The van der Waals surface area contributed by atoms with E-state index in [1.165, 1.54) is 11.3 Å².